The molecular weight excluding hydrogens is 327 g/mol. The zero-order valence-electron chi connectivity index (χ0n) is 6.51. The molecule has 1 fully saturated rings. The molecule has 0 aromatic carbocycles. The van der Waals surface area contributed by atoms with Crippen molar-refractivity contribution in [2.75, 3.05) is 0 Å². The van der Waals surface area contributed by atoms with Crippen molar-refractivity contribution in [1.29, 1.82) is 0 Å². The van der Waals surface area contributed by atoms with Crippen LogP contribution < -0.4 is 0 Å². The van der Waals surface area contributed by atoms with E-state index in [4.69, 9.17) is 5.73 Å². The molecule has 0 unspecified atom stereocenters. The first kappa shape index (κ1) is 22.5. The summed E-state index contributed by atoms with van der Waals surface area (Å²) in [5.74, 6) is 0. The minimum Gasteiger partial charge on any atom is -0.693 e. The third-order valence-electron chi connectivity index (χ3n) is 1.61. The van der Waals surface area contributed by atoms with Gasteiger partial charge in [-0.15, -0.1) is 6.04 Å². The fraction of sp³-hybridized carbons (Fsp3) is 1.00. The van der Waals surface area contributed by atoms with E-state index >= 15 is 0 Å². The smallest absolute Gasteiger partial charge is 0.693 e. The maximum Gasteiger partial charge on any atom is 2.00 e. The second-order valence-electron chi connectivity index (χ2n) is 2.33. The molecule has 0 spiro atoms. The standard InChI is InChI=1S/C6H12N.H2N.2H2O.Pt/c7-6-4-2-1-3-5-6;;;;/h6-7H,1-5H2;3*1H2;/q2*-1;;;+2. The van der Waals surface area contributed by atoms with E-state index in [-0.39, 0.29) is 44.2 Å². The molecule has 0 heterocycles. The van der Waals surface area contributed by atoms with Gasteiger partial charge in [-0.2, -0.15) is 0 Å². The van der Waals surface area contributed by atoms with Crippen LogP contribution in [0.5, 0.6) is 0 Å². The number of nitrogens with one attached hydrogen (secondary N) is 1. The largest absolute Gasteiger partial charge is 2.00 e. The molecule has 5 heteroatoms. The fourth-order valence-corrected chi connectivity index (χ4v) is 1.10. The van der Waals surface area contributed by atoms with Crippen LogP contribution in [0.15, 0.2) is 0 Å². The Bertz CT molecular complexity index is 60.5. The van der Waals surface area contributed by atoms with E-state index in [1.807, 2.05) is 0 Å². The van der Waals surface area contributed by atoms with Gasteiger partial charge in [-0.05, 0) is 0 Å². The van der Waals surface area contributed by atoms with Gasteiger partial charge in [0.15, 0.2) is 0 Å². The minimum absolute atomic E-state index is 0. The van der Waals surface area contributed by atoms with Gasteiger partial charge in [0, 0.05) is 0 Å². The maximum absolute atomic E-state index is 7.27. The summed E-state index contributed by atoms with van der Waals surface area (Å²) in [5, 5.41) is 0. The second kappa shape index (κ2) is 13.1. The maximum atomic E-state index is 7.27. The van der Waals surface area contributed by atoms with Crippen LogP contribution in [-0.4, -0.2) is 17.0 Å². The van der Waals surface area contributed by atoms with Crippen molar-refractivity contribution in [3.05, 3.63) is 11.9 Å². The van der Waals surface area contributed by atoms with E-state index < -0.39 is 0 Å². The Kier molecular flexibility index (Phi) is 26.9. The molecule has 1 saturated carbocycles. The minimum atomic E-state index is 0. The molecule has 0 radical (unpaired) electrons. The molecule has 4 nitrogen and oxygen atoms in total. The molecule has 1 aliphatic carbocycles. The van der Waals surface area contributed by atoms with Gasteiger partial charge < -0.3 is 22.8 Å². The Morgan fingerprint density at radius 3 is 1.45 bits per heavy atom. The molecule has 0 aliphatic heterocycles. The molecule has 0 bridgehead atoms. The monoisotopic (exact) mass is 345 g/mol. The number of rotatable bonds is 0. The van der Waals surface area contributed by atoms with E-state index in [1.165, 1.54) is 19.3 Å². The Hall–Kier alpha value is 0.528. The van der Waals surface area contributed by atoms with Crippen LogP contribution in [0.25, 0.3) is 11.9 Å². The van der Waals surface area contributed by atoms with Crippen LogP contribution in [-0.2, 0) is 21.1 Å². The molecule has 7 N–H and O–H groups in total. The van der Waals surface area contributed by atoms with Crippen LogP contribution in [0.3, 0.4) is 0 Å². The third-order valence-corrected chi connectivity index (χ3v) is 1.61. The molecule has 0 aromatic rings. The van der Waals surface area contributed by atoms with Crippen molar-refractivity contribution in [3.8, 4) is 0 Å². The SMILES string of the molecule is O.O.[NH-]C1CCCCC1.[NH2-].[Pt+2]. The molecule has 11 heavy (non-hydrogen) atoms. The Morgan fingerprint density at radius 2 is 1.27 bits per heavy atom. The van der Waals surface area contributed by atoms with Crippen LogP contribution >= 0.6 is 0 Å². The number of hydrogen-bond acceptors (Lipinski definition) is 0. The Labute approximate surface area is 82.4 Å². The molecular formula is C6H18N2O2Pt. The molecule has 0 amide bonds. The summed E-state index contributed by atoms with van der Waals surface area (Å²) in [6, 6.07) is 0.286. The Morgan fingerprint density at radius 1 is 0.909 bits per heavy atom. The van der Waals surface area contributed by atoms with Crippen LogP contribution in [0, 0.1) is 0 Å². The molecule has 1 rings (SSSR count). The van der Waals surface area contributed by atoms with E-state index in [0.717, 1.165) is 12.8 Å². The summed E-state index contributed by atoms with van der Waals surface area (Å²) >= 11 is 0. The van der Waals surface area contributed by atoms with Gasteiger partial charge in [0.1, 0.15) is 0 Å². The second-order valence-corrected chi connectivity index (χ2v) is 2.33. The molecule has 0 saturated heterocycles. The normalized spacial score (nSPS) is 16.1. The topological polar surface area (TPSA) is 120 Å². The van der Waals surface area contributed by atoms with Crippen molar-refractivity contribution < 1.29 is 32.0 Å². The first-order chi connectivity index (χ1) is 3.39. The van der Waals surface area contributed by atoms with Gasteiger partial charge in [0.05, 0.1) is 0 Å². The van der Waals surface area contributed by atoms with Gasteiger partial charge in [-0.3, -0.25) is 0 Å². The fourth-order valence-electron chi connectivity index (χ4n) is 1.10. The van der Waals surface area contributed by atoms with Crippen LogP contribution in [0.1, 0.15) is 32.1 Å². The van der Waals surface area contributed by atoms with Crippen molar-refractivity contribution in [2.24, 2.45) is 0 Å². The predicted molar refractivity (Wildman–Crippen MR) is 43.7 cm³/mol. The third kappa shape index (κ3) is 10.5. The number of nitrogens with two attached hydrogens (primary N) is 1. The summed E-state index contributed by atoms with van der Waals surface area (Å²) in [6.07, 6.45) is 6.28. The van der Waals surface area contributed by atoms with Crippen molar-refractivity contribution in [1.82, 2.24) is 0 Å². The summed E-state index contributed by atoms with van der Waals surface area (Å²) in [5.41, 5.74) is 7.27. The predicted octanol–water partition coefficient (Wildman–Crippen LogP) is 1.44. The van der Waals surface area contributed by atoms with E-state index in [1.54, 1.807) is 0 Å². The summed E-state index contributed by atoms with van der Waals surface area (Å²) < 4.78 is 0. The van der Waals surface area contributed by atoms with Crippen LogP contribution in [0.2, 0.25) is 0 Å². The van der Waals surface area contributed by atoms with E-state index in [2.05, 4.69) is 0 Å². The van der Waals surface area contributed by atoms with Crippen LogP contribution in [0.4, 0.5) is 0 Å². The number of hydrogen-bond donors (Lipinski definition) is 0. The van der Waals surface area contributed by atoms with Crippen molar-refractivity contribution >= 4 is 0 Å². The summed E-state index contributed by atoms with van der Waals surface area (Å²) in [7, 11) is 0. The molecule has 0 aromatic heterocycles. The van der Waals surface area contributed by atoms with Gasteiger partial charge in [-0.1, -0.05) is 32.1 Å². The average Bonchev–Trinajstić information content (AvgIpc) is 1.69. The first-order valence-electron chi connectivity index (χ1n) is 3.11. The van der Waals surface area contributed by atoms with E-state index in [0.29, 0.717) is 0 Å². The zero-order chi connectivity index (χ0) is 5.11. The van der Waals surface area contributed by atoms with Gasteiger partial charge in [0.2, 0.25) is 0 Å². The van der Waals surface area contributed by atoms with Gasteiger partial charge in [-0.25, -0.2) is 0 Å². The van der Waals surface area contributed by atoms with Gasteiger partial charge >= 0.3 is 21.1 Å². The first-order valence-corrected chi connectivity index (χ1v) is 3.11. The molecule has 74 valence electrons. The summed E-state index contributed by atoms with van der Waals surface area (Å²) in [4.78, 5) is 0. The summed E-state index contributed by atoms with van der Waals surface area (Å²) in [6.45, 7) is 0. The van der Waals surface area contributed by atoms with Crippen molar-refractivity contribution in [2.45, 2.75) is 38.1 Å². The molecule has 0 atom stereocenters. The quantitative estimate of drug-likeness (QED) is 0.631. The average molecular weight is 345 g/mol. The zero-order valence-corrected chi connectivity index (χ0v) is 8.78. The molecule has 1 aliphatic rings. The van der Waals surface area contributed by atoms with Crippen molar-refractivity contribution in [3.63, 3.8) is 0 Å². The van der Waals surface area contributed by atoms with Gasteiger partial charge in [0.25, 0.3) is 0 Å². The Balaban J connectivity index is -0.0000000612. The van der Waals surface area contributed by atoms with E-state index in [9.17, 15) is 0 Å².